The summed E-state index contributed by atoms with van der Waals surface area (Å²) in [5.74, 6) is 0.0673. The van der Waals surface area contributed by atoms with E-state index in [0.29, 0.717) is 17.7 Å². The van der Waals surface area contributed by atoms with E-state index in [1.165, 1.54) is 12.1 Å². The molecule has 0 radical (unpaired) electrons. The van der Waals surface area contributed by atoms with Gasteiger partial charge in [0.15, 0.2) is 11.5 Å². The van der Waals surface area contributed by atoms with E-state index in [1.54, 1.807) is 24.1 Å². The molecule has 1 aliphatic carbocycles. The van der Waals surface area contributed by atoms with Gasteiger partial charge in [-0.3, -0.25) is 9.59 Å². The Morgan fingerprint density at radius 3 is 2.45 bits per heavy atom. The van der Waals surface area contributed by atoms with Gasteiger partial charge in [-0.2, -0.15) is 0 Å². The number of amides is 1. The molecular formula is C25H24FNO4. The maximum Gasteiger partial charge on any atom is 0.290 e. The first-order valence-corrected chi connectivity index (χ1v) is 10.7. The first-order valence-electron chi connectivity index (χ1n) is 10.7. The van der Waals surface area contributed by atoms with Gasteiger partial charge >= 0.3 is 0 Å². The fraction of sp³-hybridized carbons (Fsp3) is 0.360. The summed E-state index contributed by atoms with van der Waals surface area (Å²) in [7, 11) is 1.60. The third-order valence-electron chi connectivity index (χ3n) is 6.56. The second kappa shape index (κ2) is 7.84. The number of carbonyl (C=O) groups is 2. The van der Waals surface area contributed by atoms with Crippen LogP contribution in [0.4, 0.5) is 4.39 Å². The Hall–Kier alpha value is -3.15. The van der Waals surface area contributed by atoms with E-state index in [-0.39, 0.29) is 35.3 Å². The van der Waals surface area contributed by atoms with Crippen molar-refractivity contribution in [2.24, 2.45) is 5.92 Å². The maximum atomic E-state index is 13.6. The smallest absolute Gasteiger partial charge is 0.290 e. The third-order valence-corrected chi connectivity index (χ3v) is 6.56. The summed E-state index contributed by atoms with van der Waals surface area (Å²) in [4.78, 5) is 28.6. The van der Waals surface area contributed by atoms with Gasteiger partial charge < -0.3 is 14.4 Å². The van der Waals surface area contributed by atoms with Gasteiger partial charge in [0.1, 0.15) is 17.7 Å². The van der Waals surface area contributed by atoms with Gasteiger partial charge in [-0.25, -0.2) is 4.39 Å². The summed E-state index contributed by atoms with van der Waals surface area (Å²) in [6.07, 6.45) is 3.34. The Kier molecular flexibility index (Phi) is 5.00. The number of carbonyl (C=O) groups excluding carboxylic acids is 2. The first kappa shape index (κ1) is 19.8. The molecule has 1 amide bonds. The standard InChI is InChI=1S/C25H24FNO4/c1-30-18-12-6-15(7-13-18)14-27-22(16-8-10-17(26)11-9-16)21-23(28)19-4-2-3-5-20(19)31-24(21)25(27)29/h6-13,19-20,22H,2-5,14H2,1H3. The highest BCUT2D eigenvalue weighted by molar-refractivity contribution is 6.11. The normalized spacial score (nSPS) is 25.2. The summed E-state index contributed by atoms with van der Waals surface area (Å²) in [5, 5.41) is 0. The largest absolute Gasteiger partial charge is 0.497 e. The zero-order valence-electron chi connectivity index (χ0n) is 17.3. The van der Waals surface area contributed by atoms with Crippen molar-refractivity contribution in [3.63, 3.8) is 0 Å². The van der Waals surface area contributed by atoms with Gasteiger partial charge in [0, 0.05) is 6.54 Å². The molecule has 5 rings (SSSR count). The number of ketones is 1. The van der Waals surface area contributed by atoms with Crippen molar-refractivity contribution in [2.75, 3.05) is 7.11 Å². The molecular weight excluding hydrogens is 397 g/mol. The lowest BCUT2D eigenvalue weighted by Crippen LogP contribution is -2.39. The van der Waals surface area contributed by atoms with Crippen molar-refractivity contribution >= 4 is 11.7 Å². The van der Waals surface area contributed by atoms with E-state index in [9.17, 15) is 14.0 Å². The highest BCUT2D eigenvalue weighted by Crippen LogP contribution is 2.47. The second-order valence-corrected chi connectivity index (χ2v) is 8.39. The minimum Gasteiger partial charge on any atom is -0.497 e. The number of ether oxygens (including phenoxy) is 2. The van der Waals surface area contributed by atoms with Crippen LogP contribution in [-0.4, -0.2) is 29.8 Å². The molecule has 3 unspecified atom stereocenters. The van der Waals surface area contributed by atoms with Gasteiger partial charge in [-0.05, 0) is 54.7 Å². The van der Waals surface area contributed by atoms with Crippen LogP contribution < -0.4 is 4.74 Å². The van der Waals surface area contributed by atoms with E-state index in [1.807, 2.05) is 24.3 Å². The van der Waals surface area contributed by atoms with E-state index in [4.69, 9.17) is 9.47 Å². The molecule has 3 atom stereocenters. The number of benzene rings is 2. The molecule has 3 aliphatic rings. The van der Waals surface area contributed by atoms with Gasteiger partial charge in [0.2, 0.25) is 0 Å². The van der Waals surface area contributed by atoms with Crippen LogP contribution in [0.15, 0.2) is 59.9 Å². The lowest BCUT2D eigenvalue weighted by Gasteiger charge is -2.35. The first-order chi connectivity index (χ1) is 15.1. The van der Waals surface area contributed by atoms with Crippen LogP contribution in [-0.2, 0) is 20.9 Å². The second-order valence-electron chi connectivity index (χ2n) is 8.39. The predicted octanol–water partition coefficient (Wildman–Crippen LogP) is 4.33. The molecule has 1 fully saturated rings. The summed E-state index contributed by atoms with van der Waals surface area (Å²) >= 11 is 0. The average Bonchev–Trinajstić information content (AvgIpc) is 3.07. The molecule has 5 nitrogen and oxygen atoms in total. The predicted molar refractivity (Wildman–Crippen MR) is 112 cm³/mol. The molecule has 2 aliphatic heterocycles. The lowest BCUT2D eigenvalue weighted by atomic mass is 9.77. The quantitative estimate of drug-likeness (QED) is 0.737. The molecule has 2 aromatic carbocycles. The summed E-state index contributed by atoms with van der Waals surface area (Å²) in [6.45, 7) is 0.309. The molecule has 31 heavy (non-hydrogen) atoms. The van der Waals surface area contributed by atoms with Crippen molar-refractivity contribution in [3.8, 4) is 5.75 Å². The van der Waals surface area contributed by atoms with Gasteiger partial charge in [-0.15, -0.1) is 0 Å². The summed E-state index contributed by atoms with van der Waals surface area (Å²) in [5.41, 5.74) is 2.04. The van der Waals surface area contributed by atoms with Crippen molar-refractivity contribution in [3.05, 3.63) is 76.8 Å². The number of hydrogen-bond acceptors (Lipinski definition) is 4. The average molecular weight is 421 g/mol. The minimum absolute atomic E-state index is 0.00542. The number of nitrogens with zero attached hydrogens (tertiary/aromatic N) is 1. The molecule has 0 saturated heterocycles. The highest BCUT2D eigenvalue weighted by atomic mass is 19.1. The number of hydrogen-bond donors (Lipinski definition) is 0. The van der Waals surface area contributed by atoms with Crippen molar-refractivity contribution < 1.29 is 23.5 Å². The number of halogens is 1. The monoisotopic (exact) mass is 421 g/mol. The van der Waals surface area contributed by atoms with Crippen molar-refractivity contribution in [2.45, 2.75) is 44.4 Å². The summed E-state index contributed by atoms with van der Waals surface area (Å²) < 4.78 is 25.0. The fourth-order valence-corrected chi connectivity index (χ4v) is 4.97. The summed E-state index contributed by atoms with van der Waals surface area (Å²) in [6, 6.07) is 12.9. The van der Waals surface area contributed by atoms with E-state index in [0.717, 1.165) is 37.0 Å². The Labute approximate surface area is 180 Å². The van der Waals surface area contributed by atoms with Crippen LogP contribution >= 0.6 is 0 Å². The van der Waals surface area contributed by atoms with Gasteiger partial charge in [0.25, 0.3) is 5.91 Å². The van der Waals surface area contributed by atoms with E-state index >= 15 is 0 Å². The maximum absolute atomic E-state index is 13.6. The van der Waals surface area contributed by atoms with Gasteiger partial charge in [0.05, 0.1) is 24.6 Å². The number of rotatable bonds is 4. The van der Waals surface area contributed by atoms with E-state index in [2.05, 4.69) is 0 Å². The van der Waals surface area contributed by atoms with Crippen LogP contribution in [0.25, 0.3) is 0 Å². The zero-order valence-corrected chi connectivity index (χ0v) is 17.3. The van der Waals surface area contributed by atoms with Crippen molar-refractivity contribution in [1.82, 2.24) is 4.90 Å². The van der Waals surface area contributed by atoms with Crippen LogP contribution in [0.2, 0.25) is 0 Å². The molecule has 0 aromatic heterocycles. The van der Waals surface area contributed by atoms with Crippen LogP contribution in [0.1, 0.15) is 42.9 Å². The lowest BCUT2D eigenvalue weighted by molar-refractivity contribution is -0.135. The highest BCUT2D eigenvalue weighted by Gasteiger charge is 2.51. The molecule has 1 saturated carbocycles. The Morgan fingerprint density at radius 1 is 1.03 bits per heavy atom. The van der Waals surface area contributed by atoms with Gasteiger partial charge in [-0.1, -0.05) is 30.7 Å². The zero-order chi connectivity index (χ0) is 21.5. The number of fused-ring (bicyclic) bond motifs is 1. The molecule has 160 valence electrons. The molecule has 6 heteroatoms. The Morgan fingerprint density at radius 2 is 1.74 bits per heavy atom. The van der Waals surface area contributed by atoms with Crippen LogP contribution in [0, 0.1) is 11.7 Å². The van der Waals surface area contributed by atoms with Crippen molar-refractivity contribution in [1.29, 1.82) is 0 Å². The van der Waals surface area contributed by atoms with Crippen LogP contribution in [0.5, 0.6) is 5.75 Å². The molecule has 0 N–H and O–H groups in total. The number of methoxy groups -OCH3 is 1. The minimum atomic E-state index is -0.583. The molecule has 2 aromatic rings. The fourth-order valence-electron chi connectivity index (χ4n) is 4.97. The topological polar surface area (TPSA) is 55.8 Å². The molecule has 2 heterocycles. The Balaban J connectivity index is 1.55. The molecule has 0 bridgehead atoms. The van der Waals surface area contributed by atoms with Crippen LogP contribution in [0.3, 0.4) is 0 Å². The number of Topliss-reactive ketones (excluding diaryl/α,β-unsaturated/α-hetero) is 1. The van der Waals surface area contributed by atoms with E-state index < -0.39 is 6.04 Å². The molecule has 0 spiro atoms. The third kappa shape index (κ3) is 3.40. The SMILES string of the molecule is COc1ccc(CN2C(=O)C3=C(C(=O)C4CCCCC4O3)C2c2ccc(F)cc2)cc1. The Bertz CT molecular complexity index is 1040.